The molecule has 2 amide bonds. The van der Waals surface area contributed by atoms with Gasteiger partial charge in [0.1, 0.15) is 18.3 Å². The molecule has 1 fully saturated rings. The zero-order valence-electron chi connectivity index (χ0n) is 23.3. The molecule has 8 heteroatoms. The summed E-state index contributed by atoms with van der Waals surface area (Å²) in [5.74, 6) is -0.623. The predicted octanol–water partition coefficient (Wildman–Crippen LogP) is 3.91. The van der Waals surface area contributed by atoms with Crippen molar-refractivity contribution in [3.8, 4) is 0 Å². The number of nitrogens with one attached hydrogen (secondary N) is 2. The van der Waals surface area contributed by atoms with E-state index in [-0.39, 0.29) is 19.0 Å². The Balaban J connectivity index is 1.91. The molecule has 1 aliphatic rings. The Kier molecular flexibility index (Phi) is 19.5. The molecule has 1 heterocycles. The lowest BCUT2D eigenvalue weighted by molar-refractivity contribution is -0.216. The highest BCUT2D eigenvalue weighted by Crippen LogP contribution is 2.21. The molecule has 5 atom stereocenters. The van der Waals surface area contributed by atoms with Crippen LogP contribution in [0, 0.1) is 0 Å². The summed E-state index contributed by atoms with van der Waals surface area (Å²) >= 11 is 0. The van der Waals surface area contributed by atoms with Gasteiger partial charge in [-0.2, -0.15) is 0 Å². The lowest BCUT2D eigenvalue weighted by atomic mass is 9.95. The SMILES string of the molecule is CCCCCCCCCC/C=C\CCCCCCCC(=O)NCCNC(=O)C1OC(C)C(O)C(O)C1O. The number of carbonyl (C=O) groups is 2. The van der Waals surface area contributed by atoms with Crippen molar-refractivity contribution < 1.29 is 29.6 Å². The summed E-state index contributed by atoms with van der Waals surface area (Å²) in [5.41, 5.74) is 0. The number of aliphatic hydroxyl groups is 3. The molecule has 8 nitrogen and oxygen atoms in total. The summed E-state index contributed by atoms with van der Waals surface area (Å²) in [6.07, 6.45) is 17.6. The molecule has 1 rings (SSSR count). The minimum atomic E-state index is -1.50. The minimum Gasteiger partial charge on any atom is -0.388 e. The normalized spacial score (nSPS) is 23.9. The Labute approximate surface area is 224 Å². The third kappa shape index (κ3) is 15.5. The van der Waals surface area contributed by atoms with E-state index < -0.39 is 36.4 Å². The lowest BCUT2D eigenvalue weighted by Gasteiger charge is -2.38. The monoisotopic (exact) mass is 526 g/mol. The summed E-state index contributed by atoms with van der Waals surface area (Å²) in [6, 6.07) is 0. The van der Waals surface area contributed by atoms with E-state index in [0.29, 0.717) is 6.42 Å². The number of hydrogen-bond donors (Lipinski definition) is 5. The van der Waals surface area contributed by atoms with Crippen molar-refractivity contribution in [1.82, 2.24) is 10.6 Å². The summed E-state index contributed by atoms with van der Waals surface area (Å²) in [5, 5.41) is 34.8. The molecule has 216 valence electrons. The van der Waals surface area contributed by atoms with Crippen molar-refractivity contribution in [3.05, 3.63) is 12.2 Å². The van der Waals surface area contributed by atoms with Crippen LogP contribution in [0.2, 0.25) is 0 Å². The molecule has 1 saturated heterocycles. The maximum absolute atomic E-state index is 12.2. The van der Waals surface area contributed by atoms with Crippen LogP contribution in [0.3, 0.4) is 0 Å². The summed E-state index contributed by atoms with van der Waals surface area (Å²) in [7, 11) is 0. The fourth-order valence-electron chi connectivity index (χ4n) is 4.55. The number of allylic oxidation sites excluding steroid dienone is 2. The fourth-order valence-corrected chi connectivity index (χ4v) is 4.55. The molecule has 0 saturated carbocycles. The van der Waals surface area contributed by atoms with Crippen LogP contribution in [0.25, 0.3) is 0 Å². The van der Waals surface area contributed by atoms with Crippen molar-refractivity contribution in [1.29, 1.82) is 0 Å². The highest BCUT2D eigenvalue weighted by Gasteiger charge is 2.44. The second kappa shape index (κ2) is 21.5. The molecule has 0 spiro atoms. The van der Waals surface area contributed by atoms with Crippen molar-refractivity contribution in [2.45, 2.75) is 147 Å². The van der Waals surface area contributed by atoms with Gasteiger partial charge in [-0.25, -0.2) is 0 Å². The summed E-state index contributed by atoms with van der Waals surface area (Å²) in [6.45, 7) is 4.25. The standard InChI is InChI=1S/C29H54N2O6/c1-3-4-5-6-7-8-9-10-11-12-13-14-15-16-17-18-19-20-24(32)30-21-22-31-29(36)28-27(35)26(34)25(33)23(2)37-28/h12-13,23,25-28,33-35H,3-11,14-22H2,1-2H3,(H,30,32)(H,31,36)/b13-12-. The van der Waals surface area contributed by atoms with Crippen LogP contribution in [0.5, 0.6) is 0 Å². The lowest BCUT2D eigenvalue weighted by Crippen LogP contribution is -2.61. The smallest absolute Gasteiger partial charge is 0.252 e. The molecule has 0 bridgehead atoms. The second-order valence-electron chi connectivity index (χ2n) is 10.4. The Morgan fingerprint density at radius 1 is 0.703 bits per heavy atom. The van der Waals surface area contributed by atoms with Crippen LogP contribution in [0.15, 0.2) is 12.2 Å². The highest BCUT2D eigenvalue weighted by atomic mass is 16.5. The summed E-state index contributed by atoms with van der Waals surface area (Å²) in [4.78, 5) is 24.2. The van der Waals surface area contributed by atoms with E-state index >= 15 is 0 Å². The van der Waals surface area contributed by atoms with Crippen LogP contribution in [-0.4, -0.2) is 70.7 Å². The van der Waals surface area contributed by atoms with E-state index in [2.05, 4.69) is 29.7 Å². The second-order valence-corrected chi connectivity index (χ2v) is 10.4. The van der Waals surface area contributed by atoms with Gasteiger partial charge in [-0.1, -0.05) is 83.3 Å². The third-order valence-corrected chi connectivity index (χ3v) is 7.02. The molecular formula is C29H54N2O6. The molecule has 0 aromatic heterocycles. The Hall–Kier alpha value is -1.48. The third-order valence-electron chi connectivity index (χ3n) is 7.02. The Morgan fingerprint density at radius 2 is 1.22 bits per heavy atom. The molecule has 5 unspecified atom stereocenters. The van der Waals surface area contributed by atoms with E-state index in [1.165, 1.54) is 77.6 Å². The number of rotatable bonds is 21. The van der Waals surface area contributed by atoms with Crippen molar-refractivity contribution in [2.24, 2.45) is 0 Å². The molecule has 0 radical (unpaired) electrons. The maximum Gasteiger partial charge on any atom is 0.252 e. The first kappa shape index (κ1) is 33.5. The molecular weight excluding hydrogens is 472 g/mol. The molecule has 0 aromatic carbocycles. The largest absolute Gasteiger partial charge is 0.388 e. The quantitative estimate of drug-likeness (QED) is 0.114. The van der Waals surface area contributed by atoms with E-state index in [4.69, 9.17) is 4.74 Å². The van der Waals surface area contributed by atoms with Gasteiger partial charge < -0.3 is 30.7 Å². The van der Waals surface area contributed by atoms with E-state index in [1.807, 2.05) is 0 Å². The highest BCUT2D eigenvalue weighted by molar-refractivity contribution is 5.82. The van der Waals surface area contributed by atoms with Crippen LogP contribution in [0.4, 0.5) is 0 Å². The molecule has 0 aromatic rings. The number of hydrogen-bond acceptors (Lipinski definition) is 6. The van der Waals surface area contributed by atoms with Crippen LogP contribution >= 0.6 is 0 Å². The minimum absolute atomic E-state index is 0.0424. The Morgan fingerprint density at radius 3 is 1.81 bits per heavy atom. The van der Waals surface area contributed by atoms with E-state index in [0.717, 1.165) is 25.7 Å². The molecule has 0 aliphatic carbocycles. The number of ether oxygens (including phenoxy) is 1. The van der Waals surface area contributed by atoms with Crippen molar-refractivity contribution in [3.63, 3.8) is 0 Å². The average Bonchev–Trinajstić information content (AvgIpc) is 2.89. The number of carbonyl (C=O) groups excluding carboxylic acids is 2. The van der Waals surface area contributed by atoms with Crippen molar-refractivity contribution in [2.75, 3.05) is 13.1 Å². The average molecular weight is 527 g/mol. The van der Waals surface area contributed by atoms with Gasteiger partial charge in [0.2, 0.25) is 5.91 Å². The number of unbranched alkanes of at least 4 members (excludes halogenated alkanes) is 13. The number of aliphatic hydroxyl groups excluding tert-OH is 3. The van der Waals surface area contributed by atoms with Gasteiger partial charge in [-0.05, 0) is 39.0 Å². The first-order valence-corrected chi connectivity index (χ1v) is 14.8. The molecule has 1 aliphatic heterocycles. The van der Waals surface area contributed by atoms with Crippen LogP contribution in [-0.2, 0) is 14.3 Å². The topological polar surface area (TPSA) is 128 Å². The van der Waals surface area contributed by atoms with Gasteiger partial charge in [-0.3, -0.25) is 9.59 Å². The van der Waals surface area contributed by atoms with Crippen LogP contribution < -0.4 is 10.6 Å². The van der Waals surface area contributed by atoms with Gasteiger partial charge in [0.05, 0.1) is 6.10 Å². The van der Waals surface area contributed by atoms with Gasteiger partial charge in [0, 0.05) is 19.5 Å². The van der Waals surface area contributed by atoms with Gasteiger partial charge in [-0.15, -0.1) is 0 Å². The van der Waals surface area contributed by atoms with E-state index in [1.54, 1.807) is 0 Å². The zero-order chi connectivity index (χ0) is 27.3. The van der Waals surface area contributed by atoms with E-state index in [9.17, 15) is 24.9 Å². The van der Waals surface area contributed by atoms with Crippen molar-refractivity contribution >= 4 is 11.8 Å². The zero-order valence-corrected chi connectivity index (χ0v) is 23.3. The summed E-state index contributed by atoms with van der Waals surface area (Å²) < 4.78 is 5.30. The number of amides is 2. The first-order chi connectivity index (χ1) is 17.9. The first-order valence-electron chi connectivity index (χ1n) is 14.8. The molecule has 5 N–H and O–H groups in total. The fraction of sp³-hybridized carbons (Fsp3) is 0.862. The maximum atomic E-state index is 12.2. The van der Waals surface area contributed by atoms with Gasteiger partial charge >= 0.3 is 0 Å². The van der Waals surface area contributed by atoms with Gasteiger partial charge in [0.15, 0.2) is 6.10 Å². The van der Waals surface area contributed by atoms with Crippen LogP contribution in [0.1, 0.15) is 117 Å². The van der Waals surface area contributed by atoms with Gasteiger partial charge in [0.25, 0.3) is 5.91 Å². The predicted molar refractivity (Wildman–Crippen MR) is 147 cm³/mol. The Bertz CT molecular complexity index is 630. The molecule has 37 heavy (non-hydrogen) atoms.